The van der Waals surface area contributed by atoms with E-state index < -0.39 is 5.60 Å². The minimum absolute atomic E-state index is 0.0111. The molecule has 3 aliphatic heterocycles. The van der Waals surface area contributed by atoms with Crippen molar-refractivity contribution in [2.75, 3.05) is 33.2 Å². The summed E-state index contributed by atoms with van der Waals surface area (Å²) in [5, 5.41) is 0. The number of carbonyl (C=O) groups excluding carboxylic acids is 3. The molecule has 0 bridgehead atoms. The zero-order valence-electron chi connectivity index (χ0n) is 15.5. The Hall–Kier alpha value is -2.64. The van der Waals surface area contributed by atoms with Crippen molar-refractivity contribution in [2.24, 2.45) is 5.92 Å². The molecule has 0 radical (unpaired) electrons. The molecule has 3 saturated heterocycles. The fraction of sp³-hybridized carbons (Fsp3) is 0.579. The molecule has 8 nitrogen and oxygen atoms in total. The summed E-state index contributed by atoms with van der Waals surface area (Å²) in [7, 11) is 1.73. The molecule has 3 aliphatic rings. The van der Waals surface area contributed by atoms with Gasteiger partial charge in [0.25, 0.3) is 0 Å². The van der Waals surface area contributed by atoms with Gasteiger partial charge in [0.2, 0.25) is 11.8 Å². The van der Waals surface area contributed by atoms with Crippen molar-refractivity contribution in [1.29, 1.82) is 0 Å². The van der Waals surface area contributed by atoms with Crippen molar-refractivity contribution in [1.82, 2.24) is 19.7 Å². The van der Waals surface area contributed by atoms with Gasteiger partial charge in [0, 0.05) is 64.9 Å². The summed E-state index contributed by atoms with van der Waals surface area (Å²) < 4.78 is 5.54. The third-order valence-corrected chi connectivity index (χ3v) is 5.79. The molecule has 144 valence electrons. The number of pyridine rings is 1. The molecule has 4 rings (SSSR count). The predicted octanol–water partition coefficient (Wildman–Crippen LogP) is 0.873. The van der Waals surface area contributed by atoms with Crippen LogP contribution in [-0.2, 0) is 20.9 Å². The smallest absolute Gasteiger partial charge is 0.410 e. The van der Waals surface area contributed by atoms with Crippen LogP contribution in [0.2, 0.25) is 0 Å². The van der Waals surface area contributed by atoms with Crippen LogP contribution in [0, 0.1) is 5.92 Å². The SMILES string of the molecule is CN1CC2(CCN(C(=O)[C@H]3CC(=O)N(Cc4cccnc4)C3)CC2)OC1=O. The van der Waals surface area contributed by atoms with E-state index in [1.165, 1.54) is 0 Å². The van der Waals surface area contributed by atoms with Gasteiger partial charge in [-0.3, -0.25) is 14.6 Å². The fourth-order valence-corrected chi connectivity index (χ4v) is 4.25. The van der Waals surface area contributed by atoms with Crippen molar-refractivity contribution in [3.8, 4) is 0 Å². The van der Waals surface area contributed by atoms with Crippen molar-refractivity contribution in [3.05, 3.63) is 30.1 Å². The maximum atomic E-state index is 12.9. The molecule has 1 aromatic heterocycles. The Labute approximate surface area is 158 Å². The number of piperidine rings is 1. The predicted molar refractivity (Wildman–Crippen MR) is 95.4 cm³/mol. The van der Waals surface area contributed by atoms with Crippen molar-refractivity contribution < 1.29 is 19.1 Å². The van der Waals surface area contributed by atoms with Gasteiger partial charge in [-0.1, -0.05) is 6.07 Å². The highest BCUT2D eigenvalue weighted by Gasteiger charge is 2.47. The van der Waals surface area contributed by atoms with Crippen LogP contribution in [0.5, 0.6) is 0 Å². The second-order valence-corrected chi connectivity index (χ2v) is 7.77. The van der Waals surface area contributed by atoms with Gasteiger partial charge in [-0.05, 0) is 11.6 Å². The highest BCUT2D eigenvalue weighted by molar-refractivity contribution is 5.89. The highest BCUT2D eigenvalue weighted by Crippen LogP contribution is 2.33. The van der Waals surface area contributed by atoms with Gasteiger partial charge >= 0.3 is 6.09 Å². The van der Waals surface area contributed by atoms with Crippen molar-refractivity contribution >= 4 is 17.9 Å². The van der Waals surface area contributed by atoms with E-state index in [9.17, 15) is 14.4 Å². The normalized spacial score (nSPS) is 24.6. The molecule has 1 spiro atoms. The Morgan fingerprint density at radius 1 is 1.33 bits per heavy atom. The molecule has 3 fully saturated rings. The average Bonchev–Trinajstić information content (AvgIpc) is 3.15. The van der Waals surface area contributed by atoms with Crippen LogP contribution in [0.25, 0.3) is 0 Å². The van der Waals surface area contributed by atoms with Gasteiger partial charge in [-0.2, -0.15) is 0 Å². The van der Waals surface area contributed by atoms with Crippen LogP contribution in [0.1, 0.15) is 24.8 Å². The summed E-state index contributed by atoms with van der Waals surface area (Å²) in [5.74, 6) is -0.251. The highest BCUT2D eigenvalue weighted by atomic mass is 16.6. The molecule has 0 aliphatic carbocycles. The fourth-order valence-electron chi connectivity index (χ4n) is 4.25. The number of nitrogens with zero attached hydrogens (tertiary/aromatic N) is 4. The van der Waals surface area contributed by atoms with Crippen LogP contribution < -0.4 is 0 Å². The number of ether oxygens (including phenoxy) is 1. The van der Waals surface area contributed by atoms with Crippen LogP contribution >= 0.6 is 0 Å². The Kier molecular flexibility index (Phi) is 4.49. The van der Waals surface area contributed by atoms with E-state index in [2.05, 4.69) is 4.98 Å². The van der Waals surface area contributed by atoms with Gasteiger partial charge in [-0.25, -0.2) is 4.79 Å². The second kappa shape index (κ2) is 6.83. The van der Waals surface area contributed by atoms with Gasteiger partial charge in [-0.15, -0.1) is 0 Å². The zero-order chi connectivity index (χ0) is 19.0. The van der Waals surface area contributed by atoms with Gasteiger partial charge in [0.1, 0.15) is 5.60 Å². The minimum atomic E-state index is -0.458. The molecule has 1 atom stereocenters. The molecule has 0 aromatic carbocycles. The van der Waals surface area contributed by atoms with E-state index in [4.69, 9.17) is 4.74 Å². The van der Waals surface area contributed by atoms with Crippen molar-refractivity contribution in [3.63, 3.8) is 0 Å². The Morgan fingerprint density at radius 2 is 2.11 bits per heavy atom. The summed E-state index contributed by atoms with van der Waals surface area (Å²) in [5.41, 5.74) is 0.506. The molecule has 27 heavy (non-hydrogen) atoms. The van der Waals surface area contributed by atoms with Gasteiger partial charge in [0.15, 0.2) is 0 Å². The van der Waals surface area contributed by atoms with E-state index >= 15 is 0 Å². The van der Waals surface area contributed by atoms with Crippen molar-refractivity contribution in [2.45, 2.75) is 31.4 Å². The number of amides is 3. The number of likely N-dealkylation sites (tertiary alicyclic amines) is 2. The molecule has 3 amide bonds. The van der Waals surface area contributed by atoms with E-state index in [0.717, 1.165) is 5.56 Å². The molecular weight excluding hydrogens is 348 g/mol. The number of aromatic nitrogens is 1. The van der Waals surface area contributed by atoms with Gasteiger partial charge in [0.05, 0.1) is 12.5 Å². The average molecular weight is 372 g/mol. The van der Waals surface area contributed by atoms with E-state index in [0.29, 0.717) is 45.6 Å². The first-order valence-electron chi connectivity index (χ1n) is 9.35. The molecule has 8 heteroatoms. The zero-order valence-corrected chi connectivity index (χ0v) is 15.5. The minimum Gasteiger partial charge on any atom is -0.441 e. The third-order valence-electron chi connectivity index (χ3n) is 5.79. The standard InChI is InChI=1S/C19H24N4O4/c1-21-13-19(27-18(21)26)4-7-22(8-5-19)17(25)15-9-16(24)23(12-15)11-14-3-2-6-20-10-14/h2-3,6,10,15H,4-5,7-9,11-13H2,1H3/t15-/m0/s1. The molecular formula is C19H24N4O4. The maximum Gasteiger partial charge on any atom is 0.410 e. The summed E-state index contributed by atoms with van der Waals surface area (Å²) >= 11 is 0. The lowest BCUT2D eigenvalue weighted by Gasteiger charge is -2.38. The van der Waals surface area contributed by atoms with E-state index in [1.54, 1.807) is 29.2 Å². The number of carbonyl (C=O) groups is 3. The summed E-state index contributed by atoms with van der Waals surface area (Å²) in [6.07, 6.45) is 4.71. The molecule has 0 unspecified atom stereocenters. The van der Waals surface area contributed by atoms with E-state index in [-0.39, 0.29) is 30.2 Å². The number of rotatable bonds is 3. The molecule has 0 N–H and O–H groups in total. The Morgan fingerprint density at radius 3 is 2.74 bits per heavy atom. The second-order valence-electron chi connectivity index (χ2n) is 7.77. The lowest BCUT2D eigenvalue weighted by molar-refractivity contribution is -0.139. The first-order valence-corrected chi connectivity index (χ1v) is 9.35. The molecule has 0 saturated carbocycles. The number of likely N-dealkylation sites (N-methyl/N-ethyl adjacent to an activating group) is 1. The first-order chi connectivity index (χ1) is 13.0. The van der Waals surface area contributed by atoms with Crippen LogP contribution in [0.15, 0.2) is 24.5 Å². The molecule has 4 heterocycles. The van der Waals surface area contributed by atoms with Crippen LogP contribution in [0.4, 0.5) is 4.79 Å². The first kappa shape index (κ1) is 17.8. The Bertz CT molecular complexity index is 745. The maximum absolute atomic E-state index is 12.9. The number of hydrogen-bond donors (Lipinski definition) is 0. The largest absolute Gasteiger partial charge is 0.441 e. The summed E-state index contributed by atoms with van der Waals surface area (Å²) in [6.45, 7) is 2.64. The molecule has 1 aromatic rings. The number of hydrogen-bond acceptors (Lipinski definition) is 5. The quantitative estimate of drug-likeness (QED) is 0.786. The lowest BCUT2D eigenvalue weighted by Crippen LogP contribution is -2.50. The van der Waals surface area contributed by atoms with Crippen LogP contribution in [-0.4, -0.2) is 76.4 Å². The van der Waals surface area contributed by atoms with Crippen LogP contribution in [0.3, 0.4) is 0 Å². The van der Waals surface area contributed by atoms with E-state index in [1.807, 2.05) is 17.0 Å². The lowest BCUT2D eigenvalue weighted by atomic mass is 9.90. The summed E-state index contributed by atoms with van der Waals surface area (Å²) in [6, 6.07) is 3.77. The third kappa shape index (κ3) is 3.48. The topological polar surface area (TPSA) is 83.1 Å². The van der Waals surface area contributed by atoms with Gasteiger partial charge < -0.3 is 19.4 Å². The monoisotopic (exact) mass is 372 g/mol. The Balaban J connectivity index is 1.33. The summed E-state index contributed by atoms with van der Waals surface area (Å²) in [4.78, 5) is 46.1.